The Morgan fingerprint density at radius 1 is 1.15 bits per heavy atom. The second kappa shape index (κ2) is 9.48. The third kappa shape index (κ3) is 4.86. The van der Waals surface area contributed by atoms with Crippen molar-refractivity contribution in [2.45, 2.75) is 43.2 Å². The lowest BCUT2D eigenvalue weighted by Crippen LogP contribution is -2.40. The average Bonchev–Trinajstić information content (AvgIpc) is 3.24. The SMILES string of the molecule is C#CCNC1CCCC1Nc1ncc2cc(-c3cc(S(=O)(=O)N(C)C)ccc3C)ccc2n1. The molecule has 172 valence electrons. The van der Waals surface area contributed by atoms with E-state index in [1.54, 1.807) is 12.1 Å². The molecular weight excluding hydrogens is 434 g/mol. The number of nitrogens with one attached hydrogen (secondary N) is 2. The molecule has 0 saturated heterocycles. The second-order valence-corrected chi connectivity index (χ2v) is 10.8. The minimum Gasteiger partial charge on any atom is -0.350 e. The Bertz CT molecular complexity index is 1310. The molecule has 0 amide bonds. The molecule has 1 heterocycles. The van der Waals surface area contributed by atoms with Crippen molar-refractivity contribution in [3.63, 3.8) is 0 Å². The smallest absolute Gasteiger partial charge is 0.242 e. The van der Waals surface area contributed by atoms with Gasteiger partial charge in [-0.05, 0) is 67.1 Å². The fraction of sp³-hybridized carbons (Fsp3) is 0.360. The number of sulfonamides is 1. The summed E-state index contributed by atoms with van der Waals surface area (Å²) in [4.78, 5) is 9.50. The van der Waals surface area contributed by atoms with Crippen molar-refractivity contribution in [1.82, 2.24) is 19.6 Å². The first-order chi connectivity index (χ1) is 15.8. The number of anilines is 1. The molecule has 2 atom stereocenters. The Morgan fingerprint density at radius 2 is 1.94 bits per heavy atom. The van der Waals surface area contributed by atoms with Crippen LogP contribution in [0.1, 0.15) is 24.8 Å². The minimum atomic E-state index is -3.51. The van der Waals surface area contributed by atoms with Crippen LogP contribution in [0.3, 0.4) is 0 Å². The maximum Gasteiger partial charge on any atom is 0.242 e. The lowest BCUT2D eigenvalue weighted by atomic mass is 9.99. The molecule has 8 heteroatoms. The Kier molecular flexibility index (Phi) is 6.66. The number of aryl methyl sites for hydroxylation is 1. The van der Waals surface area contributed by atoms with E-state index in [0.717, 1.165) is 46.9 Å². The van der Waals surface area contributed by atoms with Crippen LogP contribution in [0.25, 0.3) is 22.0 Å². The van der Waals surface area contributed by atoms with E-state index in [1.165, 1.54) is 18.4 Å². The quantitative estimate of drug-likeness (QED) is 0.522. The number of nitrogens with zero attached hydrogens (tertiary/aromatic N) is 3. The van der Waals surface area contributed by atoms with Crippen LogP contribution in [0.5, 0.6) is 0 Å². The summed E-state index contributed by atoms with van der Waals surface area (Å²) in [6.45, 7) is 2.53. The number of rotatable bonds is 7. The van der Waals surface area contributed by atoms with E-state index in [-0.39, 0.29) is 10.9 Å². The van der Waals surface area contributed by atoms with Gasteiger partial charge in [0.2, 0.25) is 16.0 Å². The molecule has 33 heavy (non-hydrogen) atoms. The van der Waals surface area contributed by atoms with Crippen LogP contribution in [0.4, 0.5) is 5.95 Å². The zero-order chi connectivity index (χ0) is 23.6. The van der Waals surface area contributed by atoms with Gasteiger partial charge in [0.15, 0.2) is 0 Å². The normalized spacial score (nSPS) is 18.5. The summed E-state index contributed by atoms with van der Waals surface area (Å²) in [7, 11) is -0.441. The van der Waals surface area contributed by atoms with E-state index in [9.17, 15) is 8.42 Å². The minimum absolute atomic E-state index is 0.249. The Hall–Kier alpha value is -2.99. The van der Waals surface area contributed by atoms with Crippen molar-refractivity contribution >= 4 is 26.9 Å². The van der Waals surface area contributed by atoms with Crippen LogP contribution in [-0.2, 0) is 10.0 Å². The number of benzene rings is 2. The number of aromatic nitrogens is 2. The fourth-order valence-electron chi connectivity index (χ4n) is 4.29. The molecule has 1 fully saturated rings. The highest BCUT2D eigenvalue weighted by molar-refractivity contribution is 7.89. The molecule has 4 rings (SSSR count). The molecule has 0 spiro atoms. The van der Waals surface area contributed by atoms with Gasteiger partial charge in [0.05, 0.1) is 17.0 Å². The van der Waals surface area contributed by atoms with Gasteiger partial charge in [-0.25, -0.2) is 22.7 Å². The lowest BCUT2D eigenvalue weighted by molar-refractivity contribution is 0.521. The van der Waals surface area contributed by atoms with Crippen molar-refractivity contribution in [3.8, 4) is 23.5 Å². The highest BCUT2D eigenvalue weighted by Gasteiger charge is 2.27. The van der Waals surface area contributed by atoms with E-state index in [1.807, 2.05) is 37.4 Å². The zero-order valence-electron chi connectivity index (χ0n) is 19.2. The maximum atomic E-state index is 12.6. The summed E-state index contributed by atoms with van der Waals surface area (Å²) < 4.78 is 26.4. The molecule has 1 aliphatic rings. The van der Waals surface area contributed by atoms with Crippen LogP contribution in [0.15, 0.2) is 47.5 Å². The standard InChI is InChI=1S/C25H29N5O2S/c1-5-13-26-23-7-6-8-24(23)29-25-27-16-19-14-18(10-12-22(19)28-25)21-15-20(11-9-17(21)2)33(31,32)30(3)4/h1,9-12,14-16,23-24,26H,6-8,13H2,2-4H3,(H,27,28,29). The fourth-order valence-corrected chi connectivity index (χ4v) is 5.22. The molecule has 1 aliphatic carbocycles. The molecule has 2 aromatic carbocycles. The summed E-state index contributed by atoms with van der Waals surface area (Å²) in [5.74, 6) is 3.24. The van der Waals surface area contributed by atoms with Gasteiger partial charge in [0.1, 0.15) is 0 Å². The van der Waals surface area contributed by atoms with Crippen LogP contribution in [-0.4, -0.2) is 55.4 Å². The Balaban J connectivity index is 1.61. The van der Waals surface area contributed by atoms with Gasteiger partial charge in [-0.1, -0.05) is 18.1 Å². The number of terminal acetylenes is 1. The van der Waals surface area contributed by atoms with Gasteiger partial charge in [-0.2, -0.15) is 0 Å². The summed E-state index contributed by atoms with van der Waals surface area (Å²) in [5, 5.41) is 7.74. The number of hydrogen-bond donors (Lipinski definition) is 2. The van der Waals surface area contributed by atoms with E-state index >= 15 is 0 Å². The van der Waals surface area contributed by atoms with Gasteiger partial charge in [-0.3, -0.25) is 0 Å². The summed E-state index contributed by atoms with van der Waals surface area (Å²) in [6.07, 6.45) is 10.5. The molecule has 3 aromatic rings. The van der Waals surface area contributed by atoms with Crippen LogP contribution in [0, 0.1) is 19.3 Å². The third-order valence-electron chi connectivity index (χ3n) is 6.18. The highest BCUT2D eigenvalue weighted by Crippen LogP contribution is 2.30. The van der Waals surface area contributed by atoms with Gasteiger partial charge < -0.3 is 10.6 Å². The maximum absolute atomic E-state index is 12.6. The second-order valence-electron chi connectivity index (χ2n) is 8.60. The zero-order valence-corrected chi connectivity index (χ0v) is 20.0. The topological polar surface area (TPSA) is 87.2 Å². The summed E-state index contributed by atoms with van der Waals surface area (Å²) in [5.41, 5.74) is 3.62. The molecule has 0 bridgehead atoms. The van der Waals surface area contributed by atoms with E-state index in [0.29, 0.717) is 18.5 Å². The lowest BCUT2D eigenvalue weighted by Gasteiger charge is -2.21. The molecule has 2 unspecified atom stereocenters. The van der Waals surface area contributed by atoms with E-state index in [2.05, 4.69) is 21.5 Å². The summed E-state index contributed by atoms with van der Waals surface area (Å²) >= 11 is 0. The molecule has 0 aliphatic heterocycles. The van der Waals surface area contributed by atoms with Crippen molar-refractivity contribution in [1.29, 1.82) is 0 Å². The first-order valence-electron chi connectivity index (χ1n) is 11.0. The van der Waals surface area contributed by atoms with Gasteiger partial charge in [0.25, 0.3) is 0 Å². The molecule has 1 aromatic heterocycles. The van der Waals surface area contributed by atoms with Crippen LogP contribution < -0.4 is 10.6 Å². The molecule has 1 saturated carbocycles. The van der Waals surface area contributed by atoms with Gasteiger partial charge in [0, 0.05) is 37.8 Å². The summed E-state index contributed by atoms with van der Waals surface area (Å²) in [6, 6.07) is 11.7. The van der Waals surface area contributed by atoms with Crippen LogP contribution in [0.2, 0.25) is 0 Å². The molecule has 7 nitrogen and oxygen atoms in total. The van der Waals surface area contributed by atoms with Crippen molar-refractivity contribution in [2.24, 2.45) is 0 Å². The largest absolute Gasteiger partial charge is 0.350 e. The van der Waals surface area contributed by atoms with Crippen LogP contribution >= 0.6 is 0 Å². The predicted octanol–water partition coefficient (Wildman–Crippen LogP) is 3.41. The van der Waals surface area contributed by atoms with Crippen molar-refractivity contribution in [2.75, 3.05) is 26.0 Å². The highest BCUT2D eigenvalue weighted by atomic mass is 32.2. The Morgan fingerprint density at radius 3 is 2.70 bits per heavy atom. The number of hydrogen-bond acceptors (Lipinski definition) is 6. The Labute approximate surface area is 195 Å². The third-order valence-corrected chi connectivity index (χ3v) is 7.99. The van der Waals surface area contributed by atoms with E-state index in [4.69, 9.17) is 11.4 Å². The monoisotopic (exact) mass is 463 g/mol. The van der Waals surface area contributed by atoms with E-state index < -0.39 is 10.0 Å². The van der Waals surface area contributed by atoms with Gasteiger partial charge in [-0.15, -0.1) is 6.42 Å². The van der Waals surface area contributed by atoms with Gasteiger partial charge >= 0.3 is 0 Å². The first kappa shape index (κ1) is 23.2. The number of fused-ring (bicyclic) bond motifs is 1. The predicted molar refractivity (Wildman–Crippen MR) is 132 cm³/mol. The molecular formula is C25H29N5O2S. The molecule has 2 N–H and O–H groups in total. The van der Waals surface area contributed by atoms with Crippen molar-refractivity contribution in [3.05, 3.63) is 48.2 Å². The molecule has 0 radical (unpaired) electrons. The van der Waals surface area contributed by atoms with Crippen molar-refractivity contribution < 1.29 is 8.42 Å². The average molecular weight is 464 g/mol. The first-order valence-corrected chi connectivity index (χ1v) is 12.5.